The number of hydrogen-bond acceptors (Lipinski definition) is 4. The van der Waals surface area contributed by atoms with Gasteiger partial charge in [0.1, 0.15) is 17.7 Å². The van der Waals surface area contributed by atoms with Crippen LogP contribution >= 0.6 is 23.2 Å². The molecule has 0 aliphatic carbocycles. The third kappa shape index (κ3) is 2.46. The minimum absolute atomic E-state index is 0.0275. The van der Waals surface area contributed by atoms with Crippen molar-refractivity contribution in [3.63, 3.8) is 0 Å². The van der Waals surface area contributed by atoms with Crippen molar-refractivity contribution in [2.45, 2.75) is 13.1 Å². The van der Waals surface area contributed by atoms with E-state index in [9.17, 15) is 0 Å². The summed E-state index contributed by atoms with van der Waals surface area (Å²) in [6.07, 6.45) is 9.23. The van der Waals surface area contributed by atoms with Gasteiger partial charge in [0.2, 0.25) is 0 Å². The van der Waals surface area contributed by atoms with Crippen LogP contribution in [-0.4, -0.2) is 27.1 Å². The molecule has 4 rings (SSSR count). The largest absolute Gasteiger partial charge is 0.310 e. The minimum Gasteiger partial charge on any atom is -0.310 e. The van der Waals surface area contributed by atoms with E-state index in [-0.39, 0.29) is 6.17 Å². The quantitative estimate of drug-likeness (QED) is 0.679. The first-order chi connectivity index (χ1) is 11.6. The van der Waals surface area contributed by atoms with Crippen molar-refractivity contribution in [3.8, 4) is 5.69 Å². The van der Waals surface area contributed by atoms with Gasteiger partial charge in [0.25, 0.3) is 0 Å². The first kappa shape index (κ1) is 15.2. The molecule has 1 aromatic carbocycles. The van der Waals surface area contributed by atoms with Crippen molar-refractivity contribution >= 4 is 46.1 Å². The third-order valence-corrected chi connectivity index (χ3v) is 4.47. The maximum absolute atomic E-state index is 6.30. The van der Waals surface area contributed by atoms with Gasteiger partial charge in [-0.25, -0.2) is 9.67 Å². The molecule has 0 fully saturated rings. The Labute approximate surface area is 148 Å². The molecule has 0 spiro atoms. The fourth-order valence-electron chi connectivity index (χ4n) is 2.71. The van der Waals surface area contributed by atoms with E-state index in [0.717, 1.165) is 16.7 Å². The number of pyridine rings is 1. The highest BCUT2D eigenvalue weighted by atomic mass is 35.5. The van der Waals surface area contributed by atoms with Crippen molar-refractivity contribution in [2.24, 2.45) is 4.99 Å². The molecule has 1 aliphatic heterocycles. The summed E-state index contributed by atoms with van der Waals surface area (Å²) in [6.45, 7) is 2.01. The number of fused-ring (bicyclic) bond motifs is 1. The summed E-state index contributed by atoms with van der Waals surface area (Å²) in [5.74, 6) is 0.794. The summed E-state index contributed by atoms with van der Waals surface area (Å²) >= 11 is 12.6. The Hall–Kier alpha value is -2.37. The molecule has 0 radical (unpaired) electrons. The maximum Gasteiger partial charge on any atom is 0.145 e. The zero-order valence-corrected chi connectivity index (χ0v) is 14.3. The van der Waals surface area contributed by atoms with Crippen LogP contribution in [0, 0.1) is 0 Å². The molecule has 3 aromatic rings. The van der Waals surface area contributed by atoms with Gasteiger partial charge in [-0.05, 0) is 31.2 Å². The van der Waals surface area contributed by atoms with E-state index in [0.29, 0.717) is 15.7 Å². The number of nitrogens with zero attached hydrogens (tertiary/aromatic N) is 5. The molecule has 5 nitrogen and oxygen atoms in total. The minimum atomic E-state index is -0.0275. The van der Waals surface area contributed by atoms with Crippen molar-refractivity contribution in [3.05, 3.63) is 59.0 Å². The second-order valence-corrected chi connectivity index (χ2v) is 6.20. The Kier molecular flexibility index (Phi) is 3.75. The average molecular weight is 358 g/mol. The lowest BCUT2D eigenvalue weighted by Gasteiger charge is -2.25. The second kappa shape index (κ2) is 5.92. The van der Waals surface area contributed by atoms with Crippen molar-refractivity contribution in [2.75, 3.05) is 4.90 Å². The fourth-order valence-corrected chi connectivity index (χ4v) is 3.28. The molecule has 0 bridgehead atoms. The number of aliphatic imine (C=N–C) groups is 1. The number of anilines is 1. The maximum atomic E-state index is 6.30. The van der Waals surface area contributed by atoms with Gasteiger partial charge in [-0.3, -0.25) is 4.99 Å². The van der Waals surface area contributed by atoms with E-state index in [1.54, 1.807) is 29.2 Å². The third-order valence-electron chi connectivity index (χ3n) is 3.86. The zero-order chi connectivity index (χ0) is 16.7. The molecule has 120 valence electrons. The molecule has 1 atom stereocenters. The Morgan fingerprint density at radius 3 is 2.67 bits per heavy atom. The van der Waals surface area contributed by atoms with E-state index in [1.807, 2.05) is 42.4 Å². The van der Waals surface area contributed by atoms with E-state index in [1.165, 1.54) is 0 Å². The number of rotatable bonds is 2. The number of hydrogen-bond donors (Lipinski definition) is 0. The molecule has 0 saturated heterocycles. The lowest BCUT2D eigenvalue weighted by Crippen LogP contribution is -2.28. The van der Waals surface area contributed by atoms with E-state index in [2.05, 4.69) is 15.1 Å². The number of allylic oxidation sites excluding steroid dienone is 1. The van der Waals surface area contributed by atoms with Crippen LogP contribution < -0.4 is 4.90 Å². The van der Waals surface area contributed by atoms with Gasteiger partial charge < -0.3 is 4.90 Å². The normalized spacial score (nSPS) is 17.0. The van der Waals surface area contributed by atoms with Crippen LogP contribution in [0.15, 0.2) is 53.9 Å². The van der Waals surface area contributed by atoms with Crippen LogP contribution in [0.5, 0.6) is 0 Å². The SMILES string of the molecule is CC1N=CC=CN1c1nccc2nn(-c3c(Cl)cccc3Cl)cc12. The van der Waals surface area contributed by atoms with Gasteiger partial charge >= 0.3 is 0 Å². The lowest BCUT2D eigenvalue weighted by atomic mass is 10.2. The molecule has 3 heterocycles. The molecule has 7 heteroatoms. The fraction of sp³-hybridized carbons (Fsp3) is 0.118. The van der Waals surface area contributed by atoms with Gasteiger partial charge in [0, 0.05) is 24.8 Å². The van der Waals surface area contributed by atoms with Crippen LogP contribution in [0.4, 0.5) is 5.82 Å². The molecule has 0 saturated carbocycles. The highest BCUT2D eigenvalue weighted by molar-refractivity contribution is 6.37. The van der Waals surface area contributed by atoms with Gasteiger partial charge in [0.05, 0.1) is 20.9 Å². The average Bonchev–Trinajstić information content (AvgIpc) is 2.99. The van der Waals surface area contributed by atoms with Crippen molar-refractivity contribution in [1.82, 2.24) is 14.8 Å². The molecule has 24 heavy (non-hydrogen) atoms. The van der Waals surface area contributed by atoms with E-state index in [4.69, 9.17) is 23.2 Å². The standard InChI is InChI=1S/C17H13Cl2N5/c1-11-20-7-3-9-23(11)17-12-10-24(22-15(12)6-8-21-17)16-13(18)4-2-5-14(16)19/h2-11H,1H3. The topological polar surface area (TPSA) is 46.3 Å². The van der Waals surface area contributed by atoms with Gasteiger partial charge in [-0.1, -0.05) is 29.3 Å². The highest BCUT2D eigenvalue weighted by Crippen LogP contribution is 2.32. The summed E-state index contributed by atoms with van der Waals surface area (Å²) in [5.41, 5.74) is 1.47. The van der Waals surface area contributed by atoms with Gasteiger partial charge in [-0.2, -0.15) is 5.10 Å². The molecule has 1 unspecified atom stereocenters. The smallest absolute Gasteiger partial charge is 0.145 e. The molecular weight excluding hydrogens is 345 g/mol. The van der Waals surface area contributed by atoms with Crippen LogP contribution in [0.3, 0.4) is 0 Å². The van der Waals surface area contributed by atoms with Gasteiger partial charge in [-0.15, -0.1) is 0 Å². The monoisotopic (exact) mass is 357 g/mol. The molecule has 0 amide bonds. The molecule has 2 aromatic heterocycles. The predicted molar refractivity (Wildman–Crippen MR) is 98.5 cm³/mol. The first-order valence-electron chi connectivity index (χ1n) is 7.42. The van der Waals surface area contributed by atoms with Crippen molar-refractivity contribution < 1.29 is 0 Å². The summed E-state index contributed by atoms with van der Waals surface area (Å²) in [6, 6.07) is 7.25. The summed E-state index contributed by atoms with van der Waals surface area (Å²) < 4.78 is 1.70. The van der Waals surface area contributed by atoms with Crippen LogP contribution in [0.2, 0.25) is 10.0 Å². The van der Waals surface area contributed by atoms with Crippen molar-refractivity contribution in [1.29, 1.82) is 0 Å². The first-order valence-corrected chi connectivity index (χ1v) is 8.18. The molecular formula is C17H13Cl2N5. The Bertz CT molecular complexity index is 956. The Balaban J connectivity index is 1.89. The zero-order valence-electron chi connectivity index (χ0n) is 12.8. The Morgan fingerprint density at radius 1 is 1.12 bits per heavy atom. The van der Waals surface area contributed by atoms with Gasteiger partial charge in [0.15, 0.2) is 0 Å². The van der Waals surface area contributed by atoms with E-state index < -0.39 is 0 Å². The number of halogens is 2. The van der Waals surface area contributed by atoms with Crippen LogP contribution in [-0.2, 0) is 0 Å². The van der Waals surface area contributed by atoms with Crippen LogP contribution in [0.25, 0.3) is 16.6 Å². The highest BCUT2D eigenvalue weighted by Gasteiger charge is 2.19. The van der Waals surface area contributed by atoms with E-state index >= 15 is 0 Å². The summed E-state index contributed by atoms with van der Waals surface area (Å²) in [7, 11) is 0. The number of benzene rings is 1. The second-order valence-electron chi connectivity index (χ2n) is 5.39. The molecule has 1 aliphatic rings. The molecule has 0 N–H and O–H groups in total. The Morgan fingerprint density at radius 2 is 1.92 bits per heavy atom. The van der Waals surface area contributed by atoms with Crippen LogP contribution in [0.1, 0.15) is 6.92 Å². The predicted octanol–water partition coefficient (Wildman–Crippen LogP) is 4.48. The summed E-state index contributed by atoms with van der Waals surface area (Å²) in [5, 5.41) is 6.59. The number of aromatic nitrogens is 3. The summed E-state index contributed by atoms with van der Waals surface area (Å²) in [4.78, 5) is 10.9. The lowest BCUT2D eigenvalue weighted by molar-refractivity contribution is 0.739. The number of para-hydroxylation sites is 1.